The molecule has 158 valence electrons. The van der Waals surface area contributed by atoms with Gasteiger partial charge in [0.25, 0.3) is 5.91 Å². The van der Waals surface area contributed by atoms with Gasteiger partial charge in [-0.2, -0.15) is 0 Å². The number of Topliss-reactive ketones (excluding diaryl/α,β-unsaturated/α-hetero) is 1. The van der Waals surface area contributed by atoms with Crippen molar-refractivity contribution in [1.82, 2.24) is 4.98 Å². The standard InChI is InChI=1S/C23H25FN2O4/c1-3-4-14(2)29-22-8-5-16(13-25-22)30-21-9-10-26(23(21)28)15-11-18-17(19(24)12-15)6-7-20(18)27/h5,8,11-14,21H,3-4,6-7,9-10H2,1-2H3. The van der Waals surface area contributed by atoms with Crippen molar-refractivity contribution in [2.75, 3.05) is 11.4 Å². The van der Waals surface area contributed by atoms with Crippen LogP contribution in [0.5, 0.6) is 11.6 Å². The van der Waals surface area contributed by atoms with Crippen LogP contribution in [-0.2, 0) is 11.2 Å². The summed E-state index contributed by atoms with van der Waals surface area (Å²) in [7, 11) is 0. The molecule has 1 saturated heterocycles. The Hall–Kier alpha value is -2.96. The van der Waals surface area contributed by atoms with E-state index in [1.807, 2.05) is 6.92 Å². The Morgan fingerprint density at radius 3 is 2.83 bits per heavy atom. The van der Waals surface area contributed by atoms with Gasteiger partial charge in [-0.25, -0.2) is 9.37 Å². The van der Waals surface area contributed by atoms with Crippen molar-refractivity contribution in [3.8, 4) is 11.6 Å². The molecule has 0 saturated carbocycles. The van der Waals surface area contributed by atoms with E-state index < -0.39 is 11.9 Å². The van der Waals surface area contributed by atoms with Crippen molar-refractivity contribution in [1.29, 1.82) is 0 Å². The Morgan fingerprint density at radius 2 is 2.10 bits per heavy atom. The smallest absolute Gasteiger partial charge is 0.268 e. The van der Waals surface area contributed by atoms with Crippen LogP contribution in [0.2, 0.25) is 0 Å². The van der Waals surface area contributed by atoms with Gasteiger partial charge in [0.05, 0.1) is 12.3 Å². The molecule has 1 fully saturated rings. The lowest BCUT2D eigenvalue weighted by Gasteiger charge is -2.18. The molecule has 4 rings (SSSR count). The molecule has 2 aromatic rings. The second-order valence-electron chi connectivity index (χ2n) is 7.81. The van der Waals surface area contributed by atoms with Crippen LogP contribution in [0.4, 0.5) is 10.1 Å². The fourth-order valence-corrected chi connectivity index (χ4v) is 4.02. The van der Waals surface area contributed by atoms with Gasteiger partial charge in [0.1, 0.15) is 11.6 Å². The third-order valence-electron chi connectivity index (χ3n) is 5.56. The molecule has 1 aromatic heterocycles. The van der Waals surface area contributed by atoms with Crippen LogP contribution in [-0.4, -0.2) is 35.4 Å². The number of ketones is 1. The highest BCUT2D eigenvalue weighted by molar-refractivity contribution is 6.04. The first kappa shape index (κ1) is 20.3. The summed E-state index contributed by atoms with van der Waals surface area (Å²) in [6.07, 6.45) is 4.13. The van der Waals surface area contributed by atoms with E-state index in [1.165, 1.54) is 17.2 Å². The Morgan fingerprint density at radius 1 is 1.27 bits per heavy atom. The first-order valence-corrected chi connectivity index (χ1v) is 10.4. The molecule has 30 heavy (non-hydrogen) atoms. The van der Waals surface area contributed by atoms with E-state index in [-0.39, 0.29) is 17.8 Å². The highest BCUT2D eigenvalue weighted by atomic mass is 19.1. The number of pyridine rings is 1. The molecule has 2 unspecified atom stereocenters. The van der Waals surface area contributed by atoms with Gasteiger partial charge >= 0.3 is 0 Å². The Labute approximate surface area is 175 Å². The third kappa shape index (κ3) is 4.01. The normalized spacial score (nSPS) is 19.2. The Balaban J connectivity index is 1.42. The van der Waals surface area contributed by atoms with Gasteiger partial charge in [-0.3, -0.25) is 9.59 Å². The average Bonchev–Trinajstić information content (AvgIpc) is 3.27. The largest absolute Gasteiger partial charge is 0.479 e. The SMILES string of the molecule is CCCC(C)Oc1ccc(OC2CCN(c3cc(F)c4c(c3)C(=O)CC4)C2=O)cn1. The number of carbonyl (C=O) groups excluding carboxylic acids is 2. The van der Waals surface area contributed by atoms with Crippen molar-refractivity contribution >= 4 is 17.4 Å². The maximum atomic E-state index is 14.4. The zero-order valence-electron chi connectivity index (χ0n) is 17.2. The topological polar surface area (TPSA) is 68.7 Å². The number of fused-ring (bicyclic) bond motifs is 1. The maximum Gasteiger partial charge on any atom is 0.268 e. The monoisotopic (exact) mass is 412 g/mol. The number of hydrogen-bond donors (Lipinski definition) is 0. The second kappa shape index (κ2) is 8.42. The summed E-state index contributed by atoms with van der Waals surface area (Å²) in [5.74, 6) is 0.230. The van der Waals surface area contributed by atoms with Crippen LogP contribution in [0.15, 0.2) is 30.5 Å². The van der Waals surface area contributed by atoms with Gasteiger partial charge in [0, 0.05) is 36.7 Å². The van der Waals surface area contributed by atoms with Crippen molar-refractivity contribution in [3.05, 3.63) is 47.4 Å². The zero-order chi connectivity index (χ0) is 21.3. The molecule has 2 aliphatic rings. The summed E-state index contributed by atoms with van der Waals surface area (Å²) >= 11 is 0. The lowest BCUT2D eigenvalue weighted by Crippen LogP contribution is -2.32. The summed E-state index contributed by atoms with van der Waals surface area (Å²) in [5.41, 5.74) is 1.24. The number of hydrogen-bond acceptors (Lipinski definition) is 5. The van der Waals surface area contributed by atoms with Gasteiger partial charge in [-0.05, 0) is 43.5 Å². The fraction of sp³-hybridized carbons (Fsp3) is 0.435. The number of ether oxygens (including phenoxy) is 2. The molecule has 0 bridgehead atoms. The molecular weight excluding hydrogens is 387 g/mol. The van der Waals surface area contributed by atoms with Gasteiger partial charge in [-0.1, -0.05) is 13.3 Å². The maximum absolute atomic E-state index is 14.4. The van der Waals surface area contributed by atoms with Crippen LogP contribution in [0.1, 0.15) is 55.5 Å². The molecule has 6 nitrogen and oxygen atoms in total. The third-order valence-corrected chi connectivity index (χ3v) is 5.56. The number of carbonyl (C=O) groups is 2. The summed E-state index contributed by atoms with van der Waals surface area (Å²) in [5, 5.41) is 0. The fourth-order valence-electron chi connectivity index (χ4n) is 4.02. The summed E-state index contributed by atoms with van der Waals surface area (Å²) < 4.78 is 25.9. The lowest BCUT2D eigenvalue weighted by molar-refractivity contribution is -0.122. The predicted molar refractivity (Wildman–Crippen MR) is 110 cm³/mol. The molecule has 1 amide bonds. The molecule has 7 heteroatoms. The molecule has 0 radical (unpaired) electrons. The molecule has 1 aliphatic carbocycles. The number of anilines is 1. The summed E-state index contributed by atoms with van der Waals surface area (Å²) in [6, 6.07) is 6.41. The van der Waals surface area contributed by atoms with Gasteiger partial charge in [0.2, 0.25) is 5.88 Å². The number of halogens is 1. The highest BCUT2D eigenvalue weighted by Gasteiger charge is 2.36. The number of rotatable bonds is 7. The van der Waals surface area contributed by atoms with Crippen LogP contribution in [0, 0.1) is 5.82 Å². The number of aromatic nitrogens is 1. The van der Waals surface area contributed by atoms with Crippen LogP contribution >= 0.6 is 0 Å². The van der Waals surface area contributed by atoms with E-state index in [0.29, 0.717) is 54.3 Å². The highest BCUT2D eigenvalue weighted by Crippen LogP contribution is 2.32. The summed E-state index contributed by atoms with van der Waals surface area (Å²) in [6.45, 7) is 4.50. The molecule has 2 atom stereocenters. The minimum atomic E-state index is -0.676. The van der Waals surface area contributed by atoms with Gasteiger partial charge in [0.15, 0.2) is 11.9 Å². The van der Waals surface area contributed by atoms with Crippen LogP contribution < -0.4 is 14.4 Å². The van der Waals surface area contributed by atoms with Crippen LogP contribution in [0.3, 0.4) is 0 Å². The Kier molecular flexibility index (Phi) is 5.70. The van der Waals surface area contributed by atoms with Crippen LogP contribution in [0.25, 0.3) is 0 Å². The lowest BCUT2D eigenvalue weighted by atomic mass is 10.1. The molecule has 0 N–H and O–H groups in total. The van der Waals surface area contributed by atoms with E-state index in [2.05, 4.69) is 11.9 Å². The van der Waals surface area contributed by atoms with Crippen molar-refractivity contribution in [3.63, 3.8) is 0 Å². The number of benzene rings is 1. The van der Waals surface area contributed by atoms with E-state index in [9.17, 15) is 14.0 Å². The first-order valence-electron chi connectivity index (χ1n) is 10.4. The molecule has 0 spiro atoms. The second-order valence-corrected chi connectivity index (χ2v) is 7.81. The van der Waals surface area contributed by atoms with Gasteiger partial charge < -0.3 is 14.4 Å². The Bertz CT molecular complexity index is 960. The van der Waals surface area contributed by atoms with E-state index in [4.69, 9.17) is 9.47 Å². The van der Waals surface area contributed by atoms with E-state index in [1.54, 1.807) is 18.2 Å². The zero-order valence-corrected chi connectivity index (χ0v) is 17.2. The first-order chi connectivity index (χ1) is 14.5. The van der Waals surface area contributed by atoms with Gasteiger partial charge in [-0.15, -0.1) is 0 Å². The minimum Gasteiger partial charge on any atom is -0.479 e. The molecule has 2 heterocycles. The van der Waals surface area contributed by atoms with E-state index in [0.717, 1.165) is 12.8 Å². The molecule has 1 aliphatic heterocycles. The molecule has 1 aromatic carbocycles. The quantitative estimate of drug-likeness (QED) is 0.685. The van der Waals surface area contributed by atoms with Crippen molar-refractivity contribution < 1.29 is 23.5 Å². The predicted octanol–water partition coefficient (Wildman–Crippen LogP) is 4.10. The molecular formula is C23H25FN2O4. The van der Waals surface area contributed by atoms with Crippen molar-refractivity contribution in [2.45, 2.75) is 58.2 Å². The van der Waals surface area contributed by atoms with E-state index >= 15 is 0 Å². The number of nitrogens with zero attached hydrogens (tertiary/aromatic N) is 2. The average molecular weight is 412 g/mol. The summed E-state index contributed by atoms with van der Waals surface area (Å²) in [4.78, 5) is 30.6. The van der Waals surface area contributed by atoms with Crippen molar-refractivity contribution in [2.24, 2.45) is 0 Å². The minimum absolute atomic E-state index is 0.0770. The number of amides is 1.